The van der Waals surface area contributed by atoms with E-state index in [0.29, 0.717) is 0 Å². The highest BCUT2D eigenvalue weighted by Gasteiger charge is 2.08. The minimum Gasteiger partial charge on any atom is -0.384 e. The van der Waals surface area contributed by atoms with Crippen molar-refractivity contribution in [3.8, 4) is 11.8 Å². The molecule has 0 aromatic heterocycles. The maximum absolute atomic E-state index is 13.5. The molecule has 0 saturated heterocycles. The Kier molecular flexibility index (Phi) is 5.51. The van der Waals surface area contributed by atoms with Crippen LogP contribution in [0.2, 0.25) is 0 Å². The van der Waals surface area contributed by atoms with E-state index in [4.69, 9.17) is 10.8 Å². The molecule has 0 spiro atoms. The van der Waals surface area contributed by atoms with E-state index in [2.05, 4.69) is 17.2 Å². The first kappa shape index (κ1) is 14.7. The molecular formula is C13H13FN2O3. The van der Waals surface area contributed by atoms with Crippen molar-refractivity contribution in [2.24, 2.45) is 5.73 Å². The van der Waals surface area contributed by atoms with E-state index in [0.717, 1.165) is 6.07 Å². The molecule has 2 amide bonds. The molecular weight excluding hydrogens is 251 g/mol. The molecule has 0 heterocycles. The van der Waals surface area contributed by atoms with Gasteiger partial charge < -0.3 is 16.2 Å². The minimum atomic E-state index is -0.650. The van der Waals surface area contributed by atoms with E-state index in [-0.39, 0.29) is 30.7 Å². The van der Waals surface area contributed by atoms with Gasteiger partial charge in [-0.2, -0.15) is 0 Å². The summed E-state index contributed by atoms with van der Waals surface area (Å²) < 4.78 is 13.5. The Labute approximate surface area is 109 Å². The number of aliphatic hydroxyl groups is 1. The second-order valence-electron chi connectivity index (χ2n) is 3.63. The van der Waals surface area contributed by atoms with E-state index in [1.807, 2.05) is 0 Å². The number of halogens is 1. The summed E-state index contributed by atoms with van der Waals surface area (Å²) in [6.45, 7) is -0.267. The fourth-order valence-corrected chi connectivity index (χ4v) is 1.29. The lowest BCUT2D eigenvalue weighted by Crippen LogP contribution is -2.27. The van der Waals surface area contributed by atoms with Gasteiger partial charge in [0.15, 0.2) is 0 Å². The molecule has 0 atom stereocenters. The number of hydrogen-bond donors (Lipinski definition) is 3. The summed E-state index contributed by atoms with van der Waals surface area (Å²) in [5.74, 6) is 3.06. The Balaban J connectivity index is 2.72. The number of nitrogens with two attached hydrogens (primary N) is 1. The largest absolute Gasteiger partial charge is 0.384 e. The molecule has 0 aliphatic rings. The Hall–Kier alpha value is -2.39. The molecule has 6 heteroatoms. The Morgan fingerprint density at radius 2 is 2.16 bits per heavy atom. The van der Waals surface area contributed by atoms with Crippen molar-refractivity contribution >= 4 is 11.8 Å². The predicted molar refractivity (Wildman–Crippen MR) is 66.5 cm³/mol. The fourth-order valence-electron chi connectivity index (χ4n) is 1.29. The summed E-state index contributed by atoms with van der Waals surface area (Å²) in [6.07, 6.45) is 0.0221. The first-order valence-corrected chi connectivity index (χ1v) is 5.50. The van der Waals surface area contributed by atoms with E-state index in [9.17, 15) is 14.0 Å². The van der Waals surface area contributed by atoms with Crippen molar-refractivity contribution in [1.29, 1.82) is 0 Å². The first-order chi connectivity index (χ1) is 9.04. The third kappa shape index (κ3) is 4.77. The highest BCUT2D eigenvalue weighted by Crippen LogP contribution is 2.09. The van der Waals surface area contributed by atoms with Crippen molar-refractivity contribution < 1.29 is 19.1 Å². The van der Waals surface area contributed by atoms with Crippen LogP contribution in [0.5, 0.6) is 0 Å². The molecule has 0 bridgehead atoms. The zero-order valence-electron chi connectivity index (χ0n) is 10.1. The number of aliphatic hydroxyl groups excluding tert-OH is 1. The number of nitrogens with one attached hydrogen (secondary N) is 1. The van der Waals surface area contributed by atoms with Gasteiger partial charge in [0.05, 0.1) is 5.56 Å². The van der Waals surface area contributed by atoms with Crippen LogP contribution in [0.15, 0.2) is 18.2 Å². The molecule has 4 N–H and O–H groups in total. The Morgan fingerprint density at radius 1 is 1.42 bits per heavy atom. The maximum atomic E-state index is 13.5. The van der Waals surface area contributed by atoms with E-state index < -0.39 is 17.6 Å². The average molecular weight is 264 g/mol. The van der Waals surface area contributed by atoms with Crippen LogP contribution in [-0.2, 0) is 4.79 Å². The lowest BCUT2D eigenvalue weighted by molar-refractivity contribution is -0.117. The van der Waals surface area contributed by atoms with Gasteiger partial charge in [-0.15, -0.1) is 0 Å². The van der Waals surface area contributed by atoms with Gasteiger partial charge in [-0.1, -0.05) is 11.8 Å². The highest BCUT2D eigenvalue weighted by molar-refractivity contribution is 5.94. The van der Waals surface area contributed by atoms with Crippen molar-refractivity contribution in [2.75, 3.05) is 13.2 Å². The third-order valence-electron chi connectivity index (χ3n) is 2.19. The van der Waals surface area contributed by atoms with Gasteiger partial charge in [0, 0.05) is 18.5 Å². The van der Waals surface area contributed by atoms with Crippen LogP contribution in [0.3, 0.4) is 0 Å². The number of hydrogen-bond acceptors (Lipinski definition) is 3. The van der Waals surface area contributed by atoms with Crippen LogP contribution in [-0.4, -0.2) is 30.1 Å². The molecule has 5 nitrogen and oxygen atoms in total. The molecule has 1 aromatic carbocycles. The van der Waals surface area contributed by atoms with E-state index in [1.165, 1.54) is 12.1 Å². The monoisotopic (exact) mass is 264 g/mol. The highest BCUT2D eigenvalue weighted by atomic mass is 19.1. The predicted octanol–water partition coefficient (Wildman–Crippen LogP) is -0.225. The number of carbonyl (C=O) groups excluding carboxylic acids is 2. The smallest absolute Gasteiger partial charge is 0.251 e. The second kappa shape index (κ2) is 7.13. The standard InChI is InChI=1S/C13H13FN2O3/c14-11-8-10(4-3-9(11)2-1-7-17)13(19)16-6-5-12(15)18/h3-4,8,17H,5-7H2,(H2,15,18)(H,16,19). The van der Waals surface area contributed by atoms with Crippen molar-refractivity contribution in [3.63, 3.8) is 0 Å². The molecule has 0 aliphatic heterocycles. The van der Waals surface area contributed by atoms with Gasteiger partial charge in [0.2, 0.25) is 5.91 Å². The first-order valence-electron chi connectivity index (χ1n) is 5.50. The average Bonchev–Trinajstić information content (AvgIpc) is 2.36. The molecule has 0 fully saturated rings. The van der Waals surface area contributed by atoms with Gasteiger partial charge in [0.1, 0.15) is 12.4 Å². The van der Waals surface area contributed by atoms with Crippen LogP contribution < -0.4 is 11.1 Å². The van der Waals surface area contributed by atoms with Crippen LogP contribution in [0.25, 0.3) is 0 Å². The summed E-state index contributed by atoms with van der Waals surface area (Å²) >= 11 is 0. The number of rotatable bonds is 4. The zero-order chi connectivity index (χ0) is 14.3. The van der Waals surface area contributed by atoms with Gasteiger partial charge in [0.25, 0.3) is 5.91 Å². The Morgan fingerprint density at radius 3 is 2.74 bits per heavy atom. The molecule has 0 saturated carbocycles. The molecule has 0 unspecified atom stereocenters. The topological polar surface area (TPSA) is 92.4 Å². The van der Waals surface area contributed by atoms with Crippen LogP contribution in [0.4, 0.5) is 4.39 Å². The number of benzene rings is 1. The van der Waals surface area contributed by atoms with Crippen LogP contribution in [0.1, 0.15) is 22.3 Å². The van der Waals surface area contributed by atoms with E-state index >= 15 is 0 Å². The molecule has 0 aliphatic carbocycles. The summed E-state index contributed by atoms with van der Waals surface area (Å²) in [5.41, 5.74) is 5.14. The lowest BCUT2D eigenvalue weighted by atomic mass is 10.1. The molecule has 100 valence electrons. The minimum absolute atomic E-state index is 0.0221. The van der Waals surface area contributed by atoms with Crippen LogP contribution >= 0.6 is 0 Å². The Bertz CT molecular complexity index is 547. The number of amides is 2. The molecule has 0 radical (unpaired) electrons. The summed E-state index contributed by atoms with van der Waals surface area (Å²) in [4.78, 5) is 22.1. The third-order valence-corrected chi connectivity index (χ3v) is 2.19. The second-order valence-corrected chi connectivity index (χ2v) is 3.63. The molecule has 1 aromatic rings. The summed E-state index contributed by atoms with van der Waals surface area (Å²) in [7, 11) is 0. The van der Waals surface area contributed by atoms with Gasteiger partial charge in [-0.05, 0) is 18.2 Å². The van der Waals surface area contributed by atoms with Crippen LogP contribution in [0, 0.1) is 17.7 Å². The molecule has 19 heavy (non-hydrogen) atoms. The SMILES string of the molecule is NC(=O)CCNC(=O)c1ccc(C#CCO)c(F)c1. The maximum Gasteiger partial charge on any atom is 0.251 e. The summed E-state index contributed by atoms with van der Waals surface area (Å²) in [5, 5.41) is 10.9. The fraction of sp³-hybridized carbons (Fsp3) is 0.231. The number of primary amides is 1. The van der Waals surface area contributed by atoms with Crippen molar-refractivity contribution in [3.05, 3.63) is 35.1 Å². The quantitative estimate of drug-likeness (QED) is 0.656. The normalized spacial score (nSPS) is 9.37. The van der Waals surface area contributed by atoms with E-state index in [1.54, 1.807) is 0 Å². The summed E-state index contributed by atoms with van der Waals surface area (Å²) in [6, 6.07) is 3.80. The van der Waals surface area contributed by atoms with Gasteiger partial charge in [-0.3, -0.25) is 9.59 Å². The van der Waals surface area contributed by atoms with Crippen molar-refractivity contribution in [1.82, 2.24) is 5.32 Å². The van der Waals surface area contributed by atoms with Gasteiger partial charge >= 0.3 is 0 Å². The number of carbonyl (C=O) groups is 2. The molecule has 1 rings (SSSR count). The van der Waals surface area contributed by atoms with Crippen molar-refractivity contribution in [2.45, 2.75) is 6.42 Å². The van der Waals surface area contributed by atoms with Gasteiger partial charge in [-0.25, -0.2) is 4.39 Å². The lowest BCUT2D eigenvalue weighted by Gasteiger charge is -2.04. The zero-order valence-corrected chi connectivity index (χ0v) is 10.1.